The number of halogens is 5. The van der Waals surface area contributed by atoms with Crippen LogP contribution in [0.15, 0.2) is 109 Å². The highest BCUT2D eigenvalue weighted by molar-refractivity contribution is 14.0. The van der Waals surface area contributed by atoms with E-state index in [0.717, 1.165) is 0 Å². The van der Waals surface area contributed by atoms with E-state index in [0.29, 0.717) is 0 Å². The third-order valence-electron chi connectivity index (χ3n) is 5.80. The molecule has 0 amide bonds. The van der Waals surface area contributed by atoms with Gasteiger partial charge in [-0.2, -0.15) is 13.2 Å². The summed E-state index contributed by atoms with van der Waals surface area (Å²) in [7, 11) is -6.09. The smallest absolute Gasteiger partial charge is 0.485 e. The molecular formula is C33H37F3I2O3S. The average Bonchev–Trinajstić information content (AvgIpc) is 2.89. The lowest BCUT2D eigenvalue weighted by Gasteiger charge is -2.18. The van der Waals surface area contributed by atoms with E-state index in [1.807, 2.05) is 12.1 Å². The van der Waals surface area contributed by atoms with Gasteiger partial charge in [-0.1, -0.05) is 126 Å². The van der Waals surface area contributed by atoms with Gasteiger partial charge in [0.15, 0.2) is 17.3 Å². The summed E-state index contributed by atoms with van der Waals surface area (Å²) in [5.41, 5.74) is 0.219. The van der Waals surface area contributed by atoms with Crippen LogP contribution in [0.4, 0.5) is 13.2 Å². The molecule has 0 aromatic heterocycles. The van der Waals surface area contributed by atoms with Crippen molar-refractivity contribution in [3.63, 3.8) is 0 Å². The first-order chi connectivity index (χ1) is 18.9. The zero-order valence-electron chi connectivity index (χ0n) is 24.4. The Bertz CT molecular complexity index is 1350. The minimum atomic E-state index is -6.09. The normalized spacial score (nSPS) is 11.7. The van der Waals surface area contributed by atoms with Crippen molar-refractivity contribution in [1.82, 2.24) is 0 Å². The molecule has 0 saturated carbocycles. The first-order valence-corrected chi connectivity index (χ1v) is 16.4. The Morgan fingerprint density at radius 3 is 1.02 bits per heavy atom. The van der Waals surface area contributed by atoms with E-state index in [1.54, 1.807) is 0 Å². The highest BCUT2D eigenvalue weighted by Crippen LogP contribution is 2.22. The van der Waals surface area contributed by atoms with Crippen LogP contribution in [0.25, 0.3) is 11.1 Å². The van der Waals surface area contributed by atoms with Gasteiger partial charge in [0.1, 0.15) is 0 Å². The van der Waals surface area contributed by atoms with Crippen molar-refractivity contribution in [3.8, 4) is 11.1 Å². The van der Waals surface area contributed by atoms with Crippen LogP contribution in [-0.2, 0) is 20.9 Å². The molecule has 0 saturated heterocycles. The summed E-state index contributed by atoms with van der Waals surface area (Å²) >= 11 is -0.0703. The van der Waals surface area contributed by atoms with Crippen LogP contribution in [0.3, 0.4) is 0 Å². The largest absolute Gasteiger partial charge is 0.741 e. The lowest BCUT2D eigenvalue weighted by atomic mass is 9.87. The Labute approximate surface area is 276 Å². The van der Waals surface area contributed by atoms with Crippen LogP contribution in [0.2, 0.25) is 0 Å². The van der Waals surface area contributed by atoms with Gasteiger partial charge in [0, 0.05) is 0 Å². The Morgan fingerprint density at radius 2 is 0.810 bits per heavy atom. The van der Waals surface area contributed by atoms with E-state index < -0.39 is 15.6 Å². The quantitative estimate of drug-likeness (QED) is 0.136. The van der Waals surface area contributed by atoms with Crippen molar-refractivity contribution in [2.24, 2.45) is 0 Å². The number of hydrogen-bond donors (Lipinski definition) is 0. The second-order valence-corrected chi connectivity index (χ2v) is 15.6. The highest BCUT2D eigenvalue weighted by Gasteiger charge is 2.36. The lowest BCUT2D eigenvalue weighted by molar-refractivity contribution is -0.597. The van der Waals surface area contributed by atoms with E-state index in [4.69, 9.17) is 13.0 Å². The number of benzene rings is 4. The van der Waals surface area contributed by atoms with E-state index in [9.17, 15) is 13.2 Å². The number of hydrogen-bond acceptors (Lipinski definition) is 3. The van der Waals surface area contributed by atoms with Gasteiger partial charge in [-0.05, 0) is 57.3 Å². The average molecular weight is 825 g/mol. The molecule has 0 heterocycles. The van der Waals surface area contributed by atoms with Crippen LogP contribution in [0.1, 0.15) is 52.7 Å². The van der Waals surface area contributed by atoms with Crippen LogP contribution in [-0.4, -0.2) is 18.5 Å². The first kappa shape index (κ1) is 38.1. The van der Waals surface area contributed by atoms with Crippen LogP contribution >= 0.6 is 24.0 Å². The number of alkyl halides is 3. The monoisotopic (exact) mass is 824 g/mol. The molecular weight excluding hydrogens is 787 g/mol. The molecule has 42 heavy (non-hydrogen) atoms. The zero-order valence-corrected chi connectivity index (χ0v) is 29.7. The van der Waals surface area contributed by atoms with Gasteiger partial charge in [0.25, 0.3) is 0 Å². The first-order valence-electron chi connectivity index (χ1n) is 12.9. The Kier molecular flexibility index (Phi) is 14.7. The molecule has 0 spiro atoms. The molecule has 0 fully saturated rings. The Hall–Kier alpha value is -1.96. The molecule has 228 valence electrons. The fraction of sp³-hybridized carbons (Fsp3) is 0.273. The second-order valence-electron chi connectivity index (χ2n) is 11.2. The predicted octanol–water partition coefficient (Wildman–Crippen LogP) is 6.43. The highest BCUT2D eigenvalue weighted by atomic mass is 127. The summed E-state index contributed by atoms with van der Waals surface area (Å²) in [6.45, 7) is 13.6. The molecule has 0 unspecified atom stereocenters. The Balaban J connectivity index is 0.000000354. The zero-order chi connectivity index (χ0) is 30.9. The fourth-order valence-electron chi connectivity index (χ4n) is 3.41. The standard InChI is InChI=1S/C20H26I.C12H10.CHF3O3S.HI/c1-19(2,3)15-7-11-17(12-8-15)21-18-13-9-16(10-14-18)20(4,5)6;1-3-7-11(8-4-1)12-9-5-2-6-10-12;2-1(3,4)8(5,6)7;/h7-14H,1-6H3;1-10H;(H,5,6,7);1H/q+1;;;/p-1. The fourth-order valence-corrected chi connectivity index (χ4v) is 5.57. The minimum absolute atomic E-state index is 0. The third-order valence-corrected chi connectivity index (χ3v) is 9.05. The molecule has 3 nitrogen and oxygen atoms in total. The maximum Gasteiger partial charge on any atom is 0.485 e. The molecule has 0 atom stereocenters. The third kappa shape index (κ3) is 13.1. The molecule has 0 aliphatic heterocycles. The summed E-state index contributed by atoms with van der Waals surface area (Å²) in [6.07, 6.45) is 0. The van der Waals surface area contributed by atoms with E-state index >= 15 is 0 Å². The van der Waals surface area contributed by atoms with Gasteiger partial charge in [-0.15, -0.1) is 24.0 Å². The molecule has 4 rings (SSSR count). The molecule has 0 aliphatic carbocycles. The maximum atomic E-state index is 10.7. The van der Waals surface area contributed by atoms with Crippen LogP contribution in [0, 0.1) is 7.14 Å². The maximum absolute atomic E-state index is 10.7. The van der Waals surface area contributed by atoms with Crippen LogP contribution < -0.4 is 21.2 Å². The summed E-state index contributed by atoms with van der Waals surface area (Å²) in [4.78, 5) is 0. The van der Waals surface area contributed by atoms with Gasteiger partial charge in [-0.3, -0.25) is 0 Å². The molecule has 4 aromatic rings. The lowest BCUT2D eigenvalue weighted by Crippen LogP contribution is -3.61. The predicted molar refractivity (Wildman–Crippen MR) is 171 cm³/mol. The van der Waals surface area contributed by atoms with Crippen molar-refractivity contribution in [3.05, 3.63) is 127 Å². The minimum Gasteiger partial charge on any atom is -0.741 e. The molecule has 0 bridgehead atoms. The molecule has 0 N–H and O–H groups in total. The van der Waals surface area contributed by atoms with Crippen molar-refractivity contribution in [1.29, 1.82) is 0 Å². The topological polar surface area (TPSA) is 57.2 Å². The van der Waals surface area contributed by atoms with Gasteiger partial charge in [-0.25, -0.2) is 8.42 Å². The summed E-state index contributed by atoms with van der Waals surface area (Å²) in [5, 5.41) is 0. The van der Waals surface area contributed by atoms with Crippen molar-refractivity contribution in [2.45, 2.75) is 57.9 Å². The van der Waals surface area contributed by atoms with Gasteiger partial charge >= 0.3 is 26.7 Å². The summed E-state index contributed by atoms with van der Waals surface area (Å²) in [5.74, 6) is 0. The SMILES string of the molecule is CC(C)(C)c1ccc([I+]c2ccc(C(C)(C)C)cc2)cc1.I.O=S(=O)([O-])C(F)(F)F.c1ccc(-c2ccccc2)cc1. The summed E-state index contributed by atoms with van der Waals surface area (Å²) < 4.78 is 61.9. The van der Waals surface area contributed by atoms with E-state index in [1.165, 1.54) is 29.4 Å². The molecule has 0 aliphatic rings. The number of rotatable bonds is 3. The second kappa shape index (κ2) is 16.2. The van der Waals surface area contributed by atoms with E-state index in [-0.39, 0.29) is 56.0 Å². The van der Waals surface area contributed by atoms with Gasteiger partial charge in [0.2, 0.25) is 0 Å². The summed E-state index contributed by atoms with van der Waals surface area (Å²) in [6, 6.07) is 39.2. The van der Waals surface area contributed by atoms with Crippen molar-refractivity contribution in [2.75, 3.05) is 0 Å². The molecule has 4 aromatic carbocycles. The van der Waals surface area contributed by atoms with Gasteiger partial charge in [0.05, 0.1) is 0 Å². The molecule has 9 heteroatoms. The molecule has 0 radical (unpaired) electrons. The Morgan fingerprint density at radius 1 is 0.548 bits per heavy atom. The van der Waals surface area contributed by atoms with Crippen molar-refractivity contribution < 1.29 is 47.3 Å². The van der Waals surface area contributed by atoms with Crippen LogP contribution in [0.5, 0.6) is 0 Å². The van der Waals surface area contributed by atoms with Crippen molar-refractivity contribution >= 4 is 34.1 Å². The van der Waals surface area contributed by atoms with Gasteiger partial charge < -0.3 is 4.55 Å². The van der Waals surface area contributed by atoms with E-state index in [2.05, 4.69) is 139 Å².